The fraction of sp³-hybridized carbons (Fsp3) is 0.462. The van der Waals surface area contributed by atoms with Gasteiger partial charge in [-0.15, -0.1) is 0 Å². The molecule has 0 aliphatic heterocycles. The lowest BCUT2D eigenvalue weighted by molar-refractivity contribution is 0.267. The van der Waals surface area contributed by atoms with Crippen molar-refractivity contribution in [3.05, 3.63) is 33.8 Å². The lowest BCUT2D eigenvalue weighted by atomic mass is 10.2. The molecule has 0 saturated carbocycles. The molecule has 2 rings (SSSR count). The second-order valence-corrected chi connectivity index (χ2v) is 7.28. The minimum absolute atomic E-state index is 0.0832. The first-order valence-corrected chi connectivity index (χ1v) is 8.98. The molecule has 0 saturated heterocycles. The second kappa shape index (κ2) is 6.27. The van der Waals surface area contributed by atoms with Crippen LogP contribution in [0.3, 0.4) is 0 Å². The number of sulfonamides is 1. The number of nitrogens with one attached hydrogen (secondary N) is 1. The number of aryl methyl sites for hydroxylation is 1. The van der Waals surface area contributed by atoms with E-state index in [2.05, 4.69) is 9.82 Å². The van der Waals surface area contributed by atoms with E-state index < -0.39 is 10.0 Å². The third-order valence-corrected chi connectivity index (χ3v) is 5.76. The quantitative estimate of drug-likeness (QED) is 0.843. The van der Waals surface area contributed by atoms with E-state index in [-0.39, 0.29) is 24.1 Å². The van der Waals surface area contributed by atoms with Crippen molar-refractivity contribution in [1.29, 1.82) is 0 Å². The van der Waals surface area contributed by atoms with Gasteiger partial charge in [0.1, 0.15) is 4.90 Å². The van der Waals surface area contributed by atoms with Crippen molar-refractivity contribution < 1.29 is 13.5 Å². The molecule has 0 aliphatic rings. The van der Waals surface area contributed by atoms with Gasteiger partial charge in [-0.1, -0.05) is 0 Å². The van der Waals surface area contributed by atoms with E-state index in [1.54, 1.807) is 13.8 Å². The zero-order valence-corrected chi connectivity index (χ0v) is 13.8. The van der Waals surface area contributed by atoms with Crippen LogP contribution in [0.1, 0.15) is 29.9 Å². The SMILES string of the molecule is Cc1nn(CCO)c(C)c1S(=O)(=O)NC(C)c1ccsc1. The van der Waals surface area contributed by atoms with Crippen molar-refractivity contribution in [3.8, 4) is 0 Å². The summed E-state index contributed by atoms with van der Waals surface area (Å²) in [5.74, 6) is 0. The number of aliphatic hydroxyl groups excluding tert-OH is 1. The van der Waals surface area contributed by atoms with Gasteiger partial charge in [0.15, 0.2) is 0 Å². The molecule has 6 nitrogen and oxygen atoms in total. The standard InChI is InChI=1S/C13H19N3O3S2/c1-9(12-4-7-20-8-12)15-21(18,19)13-10(2)14-16(5-6-17)11(13)3/h4,7-9,15,17H,5-6H2,1-3H3. The van der Waals surface area contributed by atoms with Gasteiger partial charge in [0.25, 0.3) is 0 Å². The third-order valence-electron chi connectivity index (χ3n) is 3.27. The van der Waals surface area contributed by atoms with Gasteiger partial charge in [-0.25, -0.2) is 13.1 Å². The molecule has 0 bridgehead atoms. The van der Waals surface area contributed by atoms with E-state index in [0.29, 0.717) is 11.4 Å². The van der Waals surface area contributed by atoms with Crippen LogP contribution in [-0.2, 0) is 16.6 Å². The summed E-state index contributed by atoms with van der Waals surface area (Å²) in [7, 11) is -3.65. The van der Waals surface area contributed by atoms with E-state index in [1.807, 2.05) is 23.8 Å². The molecule has 0 aromatic carbocycles. The number of nitrogens with zero attached hydrogens (tertiary/aromatic N) is 2. The lowest BCUT2D eigenvalue weighted by Gasteiger charge is -2.13. The number of aromatic nitrogens is 2. The molecule has 0 spiro atoms. The normalized spacial score (nSPS) is 13.5. The first-order chi connectivity index (χ1) is 9.86. The number of hydrogen-bond acceptors (Lipinski definition) is 5. The topological polar surface area (TPSA) is 84.2 Å². The number of thiophene rings is 1. The average Bonchev–Trinajstić information content (AvgIpc) is 2.98. The van der Waals surface area contributed by atoms with Crippen molar-refractivity contribution in [3.63, 3.8) is 0 Å². The van der Waals surface area contributed by atoms with Crippen molar-refractivity contribution >= 4 is 21.4 Å². The van der Waals surface area contributed by atoms with Crippen molar-refractivity contribution in [2.24, 2.45) is 0 Å². The van der Waals surface area contributed by atoms with Gasteiger partial charge in [-0.3, -0.25) is 4.68 Å². The predicted molar refractivity (Wildman–Crippen MR) is 81.8 cm³/mol. The van der Waals surface area contributed by atoms with Crippen LogP contribution in [0.15, 0.2) is 21.7 Å². The average molecular weight is 329 g/mol. The summed E-state index contributed by atoms with van der Waals surface area (Å²) in [6.45, 7) is 5.36. The first kappa shape index (κ1) is 16.2. The molecule has 0 amide bonds. The molecule has 0 fully saturated rings. The Labute approximate surface area is 128 Å². The van der Waals surface area contributed by atoms with Crippen LogP contribution in [0.4, 0.5) is 0 Å². The van der Waals surface area contributed by atoms with Gasteiger partial charge in [-0.2, -0.15) is 16.4 Å². The van der Waals surface area contributed by atoms with Gasteiger partial charge in [-0.05, 0) is 43.2 Å². The molecular formula is C13H19N3O3S2. The Bertz CT molecular complexity index is 705. The molecule has 2 heterocycles. The monoisotopic (exact) mass is 329 g/mol. The molecule has 116 valence electrons. The summed E-state index contributed by atoms with van der Waals surface area (Å²) in [5.41, 5.74) is 1.90. The molecule has 1 unspecified atom stereocenters. The summed E-state index contributed by atoms with van der Waals surface area (Å²) in [6, 6.07) is 1.59. The van der Waals surface area contributed by atoms with Crippen molar-refractivity contribution in [2.75, 3.05) is 6.61 Å². The first-order valence-electron chi connectivity index (χ1n) is 6.56. The van der Waals surface area contributed by atoms with E-state index in [1.165, 1.54) is 16.0 Å². The summed E-state index contributed by atoms with van der Waals surface area (Å²) in [5, 5.41) is 17.0. The maximum atomic E-state index is 12.6. The number of aliphatic hydroxyl groups is 1. The van der Waals surface area contributed by atoms with Gasteiger partial charge in [0, 0.05) is 6.04 Å². The summed E-state index contributed by atoms with van der Waals surface area (Å²) < 4.78 is 29.3. The Morgan fingerprint density at radius 2 is 2.19 bits per heavy atom. The maximum Gasteiger partial charge on any atom is 0.244 e. The highest BCUT2D eigenvalue weighted by Gasteiger charge is 2.26. The fourth-order valence-corrected chi connectivity index (χ4v) is 4.66. The van der Waals surface area contributed by atoms with Crippen LogP contribution in [0.25, 0.3) is 0 Å². The van der Waals surface area contributed by atoms with Crippen LogP contribution in [0.5, 0.6) is 0 Å². The maximum absolute atomic E-state index is 12.6. The third kappa shape index (κ3) is 3.34. The summed E-state index contributed by atoms with van der Waals surface area (Å²) >= 11 is 1.53. The lowest BCUT2D eigenvalue weighted by Crippen LogP contribution is -2.27. The molecule has 1 atom stereocenters. The Hall–Kier alpha value is -1.22. The van der Waals surface area contributed by atoms with Gasteiger partial charge < -0.3 is 5.11 Å². The van der Waals surface area contributed by atoms with Crippen LogP contribution in [-0.4, -0.2) is 29.9 Å². The Morgan fingerprint density at radius 1 is 1.48 bits per heavy atom. The van der Waals surface area contributed by atoms with Gasteiger partial charge in [0.05, 0.1) is 24.5 Å². The minimum Gasteiger partial charge on any atom is -0.394 e. The summed E-state index contributed by atoms with van der Waals surface area (Å²) in [4.78, 5) is 0.193. The molecule has 2 aromatic rings. The molecule has 2 N–H and O–H groups in total. The van der Waals surface area contributed by atoms with Gasteiger partial charge >= 0.3 is 0 Å². The van der Waals surface area contributed by atoms with E-state index in [9.17, 15) is 8.42 Å². The molecule has 8 heteroatoms. The molecule has 0 radical (unpaired) electrons. The highest BCUT2D eigenvalue weighted by molar-refractivity contribution is 7.89. The zero-order valence-electron chi connectivity index (χ0n) is 12.2. The van der Waals surface area contributed by atoms with Crippen LogP contribution in [0, 0.1) is 13.8 Å². The smallest absolute Gasteiger partial charge is 0.244 e. The minimum atomic E-state index is -3.65. The Balaban J connectivity index is 2.32. The van der Waals surface area contributed by atoms with Crippen molar-refractivity contribution in [2.45, 2.75) is 38.3 Å². The van der Waals surface area contributed by atoms with E-state index >= 15 is 0 Å². The largest absolute Gasteiger partial charge is 0.394 e. The molecule has 21 heavy (non-hydrogen) atoms. The highest BCUT2D eigenvalue weighted by Crippen LogP contribution is 2.23. The number of rotatable bonds is 6. The van der Waals surface area contributed by atoms with Crippen LogP contribution >= 0.6 is 11.3 Å². The fourth-order valence-electron chi connectivity index (χ4n) is 2.26. The zero-order chi connectivity index (χ0) is 15.6. The molecule has 2 aromatic heterocycles. The molecule has 0 aliphatic carbocycles. The van der Waals surface area contributed by atoms with Gasteiger partial charge in [0.2, 0.25) is 10.0 Å². The Kier molecular flexibility index (Phi) is 4.82. The van der Waals surface area contributed by atoms with E-state index in [4.69, 9.17) is 5.11 Å². The number of hydrogen-bond donors (Lipinski definition) is 2. The predicted octanol–water partition coefficient (Wildman–Crippen LogP) is 1.59. The Morgan fingerprint density at radius 3 is 2.76 bits per heavy atom. The highest BCUT2D eigenvalue weighted by atomic mass is 32.2. The summed E-state index contributed by atoms with van der Waals surface area (Å²) in [6.07, 6.45) is 0. The van der Waals surface area contributed by atoms with E-state index in [0.717, 1.165) is 5.56 Å². The van der Waals surface area contributed by atoms with Crippen molar-refractivity contribution in [1.82, 2.24) is 14.5 Å². The van der Waals surface area contributed by atoms with Crippen LogP contribution < -0.4 is 4.72 Å². The second-order valence-electron chi connectivity index (χ2n) is 4.85. The van der Waals surface area contributed by atoms with Crippen LogP contribution in [0.2, 0.25) is 0 Å². The molecular weight excluding hydrogens is 310 g/mol.